The average molecular weight is 269 g/mol. The van der Waals surface area contributed by atoms with Crippen molar-refractivity contribution in [3.8, 4) is 0 Å². The van der Waals surface area contributed by atoms with E-state index in [0.717, 1.165) is 25.7 Å². The molecule has 2 rings (SSSR count). The standard InChI is InChI=1S/C13H23N3O3/c1-16(8-9-6-10(17)7-9)12(18)13(11(14)15-19)4-2-3-5-13/h9-10,17,19H,2-8H2,1H3,(H2,14,15). The normalized spacial score (nSPS) is 29.9. The number of aliphatic hydroxyl groups excluding tert-OH is 1. The van der Waals surface area contributed by atoms with Gasteiger partial charge in [0.2, 0.25) is 5.91 Å². The Kier molecular flexibility index (Phi) is 3.99. The second kappa shape index (κ2) is 5.36. The summed E-state index contributed by atoms with van der Waals surface area (Å²) in [6, 6.07) is 0. The van der Waals surface area contributed by atoms with Gasteiger partial charge >= 0.3 is 0 Å². The Bertz CT molecular complexity index is 371. The Morgan fingerprint density at radius 2 is 2.00 bits per heavy atom. The number of nitrogens with zero attached hydrogens (tertiary/aromatic N) is 2. The topological polar surface area (TPSA) is 99.2 Å². The van der Waals surface area contributed by atoms with E-state index in [-0.39, 0.29) is 17.8 Å². The first-order chi connectivity index (χ1) is 8.99. The van der Waals surface area contributed by atoms with Crippen molar-refractivity contribution >= 4 is 11.7 Å². The highest BCUT2D eigenvalue weighted by atomic mass is 16.4. The van der Waals surface area contributed by atoms with Crippen LogP contribution in [0.4, 0.5) is 0 Å². The fourth-order valence-corrected chi connectivity index (χ4v) is 3.34. The SMILES string of the molecule is CN(CC1CC(O)C1)C(=O)C1(C(N)=NO)CCCC1. The fourth-order valence-electron chi connectivity index (χ4n) is 3.34. The Labute approximate surface area is 113 Å². The van der Waals surface area contributed by atoms with Crippen molar-refractivity contribution in [2.24, 2.45) is 22.2 Å². The minimum absolute atomic E-state index is 0.0375. The van der Waals surface area contributed by atoms with Crippen LogP contribution in [0.2, 0.25) is 0 Å². The molecule has 0 atom stereocenters. The van der Waals surface area contributed by atoms with Crippen LogP contribution in [0.3, 0.4) is 0 Å². The highest BCUT2D eigenvalue weighted by molar-refractivity contribution is 6.06. The zero-order valence-electron chi connectivity index (χ0n) is 11.4. The van der Waals surface area contributed by atoms with Crippen molar-refractivity contribution in [1.82, 2.24) is 4.90 Å². The van der Waals surface area contributed by atoms with Crippen LogP contribution in [0, 0.1) is 11.3 Å². The van der Waals surface area contributed by atoms with E-state index in [0.29, 0.717) is 25.3 Å². The maximum Gasteiger partial charge on any atom is 0.236 e. The first-order valence-corrected chi connectivity index (χ1v) is 6.91. The van der Waals surface area contributed by atoms with Gasteiger partial charge in [-0.2, -0.15) is 0 Å². The molecule has 0 bridgehead atoms. The summed E-state index contributed by atoms with van der Waals surface area (Å²) < 4.78 is 0. The maximum atomic E-state index is 12.6. The molecule has 2 aliphatic rings. The van der Waals surface area contributed by atoms with Crippen molar-refractivity contribution in [3.05, 3.63) is 0 Å². The lowest BCUT2D eigenvalue weighted by molar-refractivity contribution is -0.138. The second-order valence-corrected chi connectivity index (χ2v) is 5.95. The summed E-state index contributed by atoms with van der Waals surface area (Å²) in [5.41, 5.74) is 4.95. The second-order valence-electron chi connectivity index (χ2n) is 5.95. The molecule has 4 N–H and O–H groups in total. The summed E-state index contributed by atoms with van der Waals surface area (Å²) >= 11 is 0. The van der Waals surface area contributed by atoms with E-state index in [1.54, 1.807) is 11.9 Å². The molecule has 19 heavy (non-hydrogen) atoms. The van der Waals surface area contributed by atoms with E-state index in [1.165, 1.54) is 0 Å². The number of rotatable bonds is 4. The minimum Gasteiger partial charge on any atom is -0.409 e. The first kappa shape index (κ1) is 14.1. The number of aliphatic hydroxyl groups is 1. The van der Waals surface area contributed by atoms with Crippen LogP contribution < -0.4 is 5.73 Å². The van der Waals surface area contributed by atoms with Crippen LogP contribution in [-0.2, 0) is 4.79 Å². The van der Waals surface area contributed by atoms with E-state index in [9.17, 15) is 9.90 Å². The number of carbonyl (C=O) groups is 1. The van der Waals surface area contributed by atoms with E-state index in [2.05, 4.69) is 5.16 Å². The van der Waals surface area contributed by atoms with E-state index < -0.39 is 5.41 Å². The Morgan fingerprint density at radius 1 is 1.42 bits per heavy atom. The molecule has 2 fully saturated rings. The smallest absolute Gasteiger partial charge is 0.236 e. The third kappa shape index (κ3) is 2.54. The Hall–Kier alpha value is -1.30. The van der Waals surface area contributed by atoms with E-state index >= 15 is 0 Å². The average Bonchev–Trinajstić information content (AvgIpc) is 2.85. The lowest BCUT2D eigenvalue weighted by atomic mass is 9.80. The molecule has 0 aliphatic heterocycles. The number of amides is 1. The van der Waals surface area contributed by atoms with Crippen LogP contribution >= 0.6 is 0 Å². The zero-order valence-corrected chi connectivity index (χ0v) is 11.4. The lowest BCUT2D eigenvalue weighted by Gasteiger charge is -2.37. The molecule has 6 heteroatoms. The molecular weight excluding hydrogens is 246 g/mol. The fraction of sp³-hybridized carbons (Fsp3) is 0.846. The largest absolute Gasteiger partial charge is 0.409 e. The van der Waals surface area contributed by atoms with E-state index in [1.807, 2.05) is 0 Å². The summed E-state index contributed by atoms with van der Waals surface area (Å²) in [5, 5.41) is 21.3. The number of amidine groups is 1. The summed E-state index contributed by atoms with van der Waals surface area (Å²) in [5.74, 6) is 0.354. The monoisotopic (exact) mass is 269 g/mol. The minimum atomic E-state index is -0.814. The number of carbonyl (C=O) groups excluding carboxylic acids is 1. The van der Waals surface area contributed by atoms with Gasteiger partial charge in [-0.05, 0) is 31.6 Å². The van der Waals surface area contributed by atoms with Gasteiger partial charge in [-0.15, -0.1) is 0 Å². The molecular formula is C13H23N3O3. The van der Waals surface area contributed by atoms with Gasteiger partial charge in [-0.3, -0.25) is 4.79 Å². The van der Waals surface area contributed by atoms with Crippen LogP contribution in [0.15, 0.2) is 5.16 Å². The Balaban J connectivity index is 2.03. The van der Waals surface area contributed by atoms with Gasteiger partial charge in [0.25, 0.3) is 0 Å². The molecule has 0 aromatic carbocycles. The molecule has 1 amide bonds. The molecule has 2 saturated carbocycles. The van der Waals surface area contributed by atoms with Crippen LogP contribution in [0.1, 0.15) is 38.5 Å². The third-order valence-corrected chi connectivity index (χ3v) is 4.55. The Morgan fingerprint density at radius 3 is 2.47 bits per heavy atom. The van der Waals surface area contributed by atoms with Crippen molar-refractivity contribution in [2.45, 2.75) is 44.6 Å². The summed E-state index contributed by atoms with van der Waals surface area (Å²) in [6.45, 7) is 0.635. The van der Waals surface area contributed by atoms with Crippen molar-refractivity contribution in [3.63, 3.8) is 0 Å². The first-order valence-electron chi connectivity index (χ1n) is 6.91. The van der Waals surface area contributed by atoms with Crippen LogP contribution in [0.5, 0.6) is 0 Å². The van der Waals surface area contributed by atoms with Gasteiger partial charge in [0, 0.05) is 13.6 Å². The van der Waals surface area contributed by atoms with Crippen LogP contribution in [-0.4, -0.2) is 46.7 Å². The summed E-state index contributed by atoms with van der Waals surface area (Å²) in [6.07, 6.45) is 4.47. The molecule has 2 aliphatic carbocycles. The quantitative estimate of drug-likeness (QED) is 0.300. The van der Waals surface area contributed by atoms with Crippen LogP contribution in [0.25, 0.3) is 0 Å². The summed E-state index contributed by atoms with van der Waals surface area (Å²) in [4.78, 5) is 14.3. The molecule has 0 spiro atoms. The van der Waals surface area contributed by atoms with Gasteiger partial charge in [0.1, 0.15) is 5.41 Å². The molecule has 6 nitrogen and oxygen atoms in total. The van der Waals surface area contributed by atoms with Crippen molar-refractivity contribution < 1.29 is 15.1 Å². The molecule has 0 heterocycles. The van der Waals surface area contributed by atoms with Gasteiger partial charge < -0.3 is 20.9 Å². The molecule has 0 unspecified atom stereocenters. The third-order valence-electron chi connectivity index (χ3n) is 4.55. The molecule has 0 aromatic rings. The number of hydrogen-bond donors (Lipinski definition) is 3. The van der Waals surface area contributed by atoms with E-state index in [4.69, 9.17) is 10.9 Å². The predicted molar refractivity (Wildman–Crippen MR) is 70.7 cm³/mol. The van der Waals surface area contributed by atoms with Gasteiger partial charge in [-0.25, -0.2) is 0 Å². The zero-order chi connectivity index (χ0) is 14.0. The molecule has 0 saturated heterocycles. The highest BCUT2D eigenvalue weighted by Crippen LogP contribution is 2.40. The van der Waals surface area contributed by atoms with Gasteiger partial charge in [0.15, 0.2) is 5.84 Å². The van der Waals surface area contributed by atoms with Gasteiger partial charge in [-0.1, -0.05) is 18.0 Å². The molecule has 0 aromatic heterocycles. The van der Waals surface area contributed by atoms with Gasteiger partial charge in [0.05, 0.1) is 6.10 Å². The van der Waals surface area contributed by atoms with Crippen molar-refractivity contribution in [1.29, 1.82) is 0 Å². The predicted octanol–water partition coefficient (Wildman–Crippen LogP) is 0.522. The number of nitrogens with two attached hydrogens (primary N) is 1. The molecule has 0 radical (unpaired) electrons. The number of oxime groups is 1. The number of hydrogen-bond acceptors (Lipinski definition) is 4. The highest BCUT2D eigenvalue weighted by Gasteiger charge is 2.47. The molecule has 108 valence electrons. The lowest BCUT2D eigenvalue weighted by Crippen LogP contribution is -2.51. The maximum absolute atomic E-state index is 12.6. The summed E-state index contributed by atoms with van der Waals surface area (Å²) in [7, 11) is 1.76. The van der Waals surface area contributed by atoms with Crippen molar-refractivity contribution in [2.75, 3.05) is 13.6 Å².